The molecule has 1 aliphatic carbocycles. The number of rotatable bonds is 5. The highest BCUT2D eigenvalue weighted by Crippen LogP contribution is 2.38. The molecule has 20 heavy (non-hydrogen) atoms. The topological polar surface area (TPSA) is 43.8 Å². The van der Waals surface area contributed by atoms with E-state index in [9.17, 15) is 9.90 Å². The molecular formula is C15H21ClN2O2. The van der Waals surface area contributed by atoms with E-state index in [1.54, 1.807) is 12.1 Å². The summed E-state index contributed by atoms with van der Waals surface area (Å²) in [6, 6.07) is 5.04. The van der Waals surface area contributed by atoms with Gasteiger partial charge in [0.05, 0.1) is 11.3 Å². The minimum absolute atomic E-state index is 0.157. The van der Waals surface area contributed by atoms with Crippen LogP contribution in [0.4, 0.5) is 5.69 Å². The van der Waals surface area contributed by atoms with Crippen LogP contribution in [0.3, 0.4) is 0 Å². The molecule has 0 radical (unpaired) electrons. The maximum Gasteiger partial charge on any atom is 0.337 e. The predicted molar refractivity (Wildman–Crippen MR) is 82.0 cm³/mol. The SMILES string of the molecule is CN(CC1(N(C)C)CCC1)c1ccc(Cl)cc1C(=O)O. The Kier molecular flexibility index (Phi) is 4.25. The van der Waals surface area contributed by atoms with Gasteiger partial charge in [0, 0.05) is 24.2 Å². The van der Waals surface area contributed by atoms with Crippen LogP contribution in [-0.4, -0.2) is 49.2 Å². The first-order valence-electron chi connectivity index (χ1n) is 6.77. The average Bonchev–Trinajstić information content (AvgIpc) is 2.32. The summed E-state index contributed by atoms with van der Waals surface area (Å²) < 4.78 is 0. The van der Waals surface area contributed by atoms with Crippen molar-refractivity contribution < 1.29 is 9.90 Å². The molecule has 0 unspecified atom stereocenters. The van der Waals surface area contributed by atoms with Gasteiger partial charge in [-0.1, -0.05) is 11.6 Å². The lowest BCUT2D eigenvalue weighted by atomic mass is 9.75. The number of anilines is 1. The van der Waals surface area contributed by atoms with E-state index in [4.69, 9.17) is 11.6 Å². The average molecular weight is 297 g/mol. The number of carbonyl (C=O) groups is 1. The van der Waals surface area contributed by atoms with Gasteiger partial charge in [-0.25, -0.2) is 4.79 Å². The molecule has 0 aliphatic heterocycles. The zero-order chi connectivity index (χ0) is 14.9. The summed E-state index contributed by atoms with van der Waals surface area (Å²) in [7, 11) is 6.12. The van der Waals surface area contributed by atoms with Crippen molar-refractivity contribution in [2.75, 3.05) is 32.6 Å². The Morgan fingerprint density at radius 2 is 2.00 bits per heavy atom. The van der Waals surface area contributed by atoms with Gasteiger partial charge in [0.2, 0.25) is 0 Å². The van der Waals surface area contributed by atoms with Crippen LogP contribution < -0.4 is 4.90 Å². The smallest absolute Gasteiger partial charge is 0.337 e. The van der Waals surface area contributed by atoms with E-state index < -0.39 is 5.97 Å². The first-order valence-corrected chi connectivity index (χ1v) is 7.15. The molecule has 0 saturated heterocycles. The quantitative estimate of drug-likeness (QED) is 0.907. The summed E-state index contributed by atoms with van der Waals surface area (Å²) in [4.78, 5) is 15.6. The lowest BCUT2D eigenvalue weighted by Gasteiger charge is -2.49. The molecule has 4 nitrogen and oxygen atoms in total. The Labute approximate surface area is 124 Å². The van der Waals surface area contributed by atoms with Crippen molar-refractivity contribution in [1.82, 2.24) is 4.90 Å². The number of likely N-dealkylation sites (N-methyl/N-ethyl adjacent to an activating group) is 2. The fraction of sp³-hybridized carbons (Fsp3) is 0.533. The summed E-state index contributed by atoms with van der Waals surface area (Å²) in [6.45, 7) is 0.821. The lowest BCUT2D eigenvalue weighted by molar-refractivity contribution is 0.0670. The van der Waals surface area contributed by atoms with Gasteiger partial charge >= 0.3 is 5.97 Å². The first-order chi connectivity index (χ1) is 9.35. The number of nitrogens with zero attached hydrogens (tertiary/aromatic N) is 2. The van der Waals surface area contributed by atoms with E-state index in [-0.39, 0.29) is 11.1 Å². The van der Waals surface area contributed by atoms with Crippen molar-refractivity contribution in [3.8, 4) is 0 Å². The zero-order valence-electron chi connectivity index (χ0n) is 12.2. The second-order valence-corrected chi connectivity index (χ2v) is 6.23. The second kappa shape index (κ2) is 5.62. The van der Waals surface area contributed by atoms with Crippen LogP contribution in [0.1, 0.15) is 29.6 Å². The van der Waals surface area contributed by atoms with E-state index in [0.29, 0.717) is 5.02 Å². The fourth-order valence-electron chi connectivity index (χ4n) is 2.87. The van der Waals surface area contributed by atoms with Gasteiger partial charge in [-0.05, 0) is 51.6 Å². The molecule has 110 valence electrons. The Morgan fingerprint density at radius 3 is 2.45 bits per heavy atom. The van der Waals surface area contributed by atoms with Crippen molar-refractivity contribution in [3.05, 3.63) is 28.8 Å². The number of aromatic carboxylic acids is 1. The van der Waals surface area contributed by atoms with Gasteiger partial charge in [-0.2, -0.15) is 0 Å². The van der Waals surface area contributed by atoms with Gasteiger partial charge in [-0.15, -0.1) is 0 Å². The zero-order valence-corrected chi connectivity index (χ0v) is 12.9. The molecule has 0 bridgehead atoms. The molecule has 1 N–H and O–H groups in total. The number of carboxylic acids is 1. The Morgan fingerprint density at radius 1 is 1.35 bits per heavy atom. The normalized spacial score (nSPS) is 16.9. The molecule has 1 saturated carbocycles. The highest BCUT2D eigenvalue weighted by Gasteiger charge is 2.40. The molecule has 2 rings (SSSR count). The number of hydrogen-bond donors (Lipinski definition) is 1. The van der Waals surface area contributed by atoms with Crippen LogP contribution in [-0.2, 0) is 0 Å². The lowest BCUT2D eigenvalue weighted by Crippen LogP contribution is -2.56. The van der Waals surface area contributed by atoms with Gasteiger partial charge in [0.1, 0.15) is 0 Å². The van der Waals surface area contributed by atoms with Gasteiger partial charge in [-0.3, -0.25) is 0 Å². The molecule has 0 amide bonds. The molecule has 5 heteroatoms. The third kappa shape index (κ3) is 2.76. The molecule has 1 aromatic carbocycles. The summed E-state index contributed by atoms with van der Waals surface area (Å²) in [6.07, 6.45) is 3.54. The highest BCUT2D eigenvalue weighted by atomic mass is 35.5. The molecule has 1 aliphatic rings. The third-order valence-electron chi connectivity index (χ3n) is 4.36. The molecule has 1 aromatic rings. The molecule has 0 atom stereocenters. The van der Waals surface area contributed by atoms with Crippen LogP contribution >= 0.6 is 11.6 Å². The minimum Gasteiger partial charge on any atom is -0.478 e. The van der Waals surface area contributed by atoms with Crippen molar-refractivity contribution in [2.24, 2.45) is 0 Å². The summed E-state index contributed by atoms with van der Waals surface area (Å²) >= 11 is 5.90. The summed E-state index contributed by atoms with van der Waals surface area (Å²) in [5.74, 6) is -0.943. The predicted octanol–water partition coefficient (Wildman–Crippen LogP) is 2.96. The van der Waals surface area contributed by atoms with E-state index in [1.165, 1.54) is 12.5 Å². The van der Waals surface area contributed by atoms with E-state index in [2.05, 4.69) is 19.0 Å². The Hall–Kier alpha value is -1.26. The van der Waals surface area contributed by atoms with Crippen LogP contribution in [0.5, 0.6) is 0 Å². The largest absolute Gasteiger partial charge is 0.478 e. The number of hydrogen-bond acceptors (Lipinski definition) is 3. The second-order valence-electron chi connectivity index (χ2n) is 5.80. The maximum atomic E-state index is 11.4. The Bertz CT molecular complexity index is 513. The van der Waals surface area contributed by atoms with Gasteiger partial charge < -0.3 is 14.9 Å². The molecular weight excluding hydrogens is 276 g/mol. The van der Waals surface area contributed by atoms with Crippen molar-refractivity contribution in [1.29, 1.82) is 0 Å². The summed E-state index contributed by atoms with van der Waals surface area (Å²) in [5.41, 5.74) is 1.13. The van der Waals surface area contributed by atoms with Crippen molar-refractivity contribution in [3.63, 3.8) is 0 Å². The molecule has 0 aromatic heterocycles. The molecule has 1 fully saturated rings. The standard InChI is InChI=1S/C15H21ClN2O2/c1-17(2)15(7-4-8-15)10-18(3)13-6-5-11(16)9-12(13)14(19)20/h5-6,9H,4,7-8,10H2,1-3H3,(H,19,20). The van der Waals surface area contributed by atoms with Crippen molar-refractivity contribution >= 4 is 23.3 Å². The molecule has 0 spiro atoms. The van der Waals surface area contributed by atoms with Crippen LogP contribution in [0.2, 0.25) is 5.02 Å². The minimum atomic E-state index is -0.943. The van der Waals surface area contributed by atoms with Gasteiger partial charge in [0.15, 0.2) is 0 Å². The molecule has 0 heterocycles. The number of benzene rings is 1. The first kappa shape index (κ1) is 15.1. The van der Waals surface area contributed by atoms with Crippen LogP contribution in [0.25, 0.3) is 0 Å². The summed E-state index contributed by atoms with van der Waals surface area (Å²) in [5, 5.41) is 9.77. The number of halogens is 1. The monoisotopic (exact) mass is 296 g/mol. The van der Waals surface area contributed by atoms with Crippen LogP contribution in [0, 0.1) is 0 Å². The van der Waals surface area contributed by atoms with Gasteiger partial charge in [0.25, 0.3) is 0 Å². The fourth-order valence-corrected chi connectivity index (χ4v) is 3.04. The van der Waals surface area contributed by atoms with E-state index >= 15 is 0 Å². The van der Waals surface area contributed by atoms with E-state index in [1.807, 2.05) is 11.9 Å². The number of carboxylic acid groups (broad SMARTS) is 1. The van der Waals surface area contributed by atoms with Crippen LogP contribution in [0.15, 0.2) is 18.2 Å². The third-order valence-corrected chi connectivity index (χ3v) is 4.60. The van der Waals surface area contributed by atoms with Crippen molar-refractivity contribution in [2.45, 2.75) is 24.8 Å². The Balaban J connectivity index is 2.25. The van der Waals surface area contributed by atoms with E-state index in [0.717, 1.165) is 25.1 Å². The maximum absolute atomic E-state index is 11.4. The highest BCUT2D eigenvalue weighted by molar-refractivity contribution is 6.31.